The van der Waals surface area contributed by atoms with Crippen LogP contribution in [0.15, 0.2) is 30.6 Å². The van der Waals surface area contributed by atoms with Crippen LogP contribution >= 0.6 is 0 Å². The number of aryl methyl sites for hydroxylation is 2. The number of carbonyl (C=O) groups excluding carboxylic acids is 1. The van der Waals surface area contributed by atoms with Crippen molar-refractivity contribution in [2.45, 2.75) is 20.8 Å². The van der Waals surface area contributed by atoms with Gasteiger partial charge in [0.15, 0.2) is 0 Å². The third-order valence-electron chi connectivity index (χ3n) is 4.56. The van der Waals surface area contributed by atoms with Crippen LogP contribution in [0.4, 0.5) is 22.1 Å². The number of carbonyl (C=O) groups is 1. The number of amides is 1. The van der Waals surface area contributed by atoms with Crippen LogP contribution < -0.4 is 10.2 Å². The fourth-order valence-electron chi connectivity index (χ4n) is 2.89. The summed E-state index contributed by atoms with van der Waals surface area (Å²) < 4.78 is 5.06. The predicted molar refractivity (Wildman–Crippen MR) is 102 cm³/mol. The van der Waals surface area contributed by atoms with Gasteiger partial charge in [-0.1, -0.05) is 6.07 Å². The average Bonchev–Trinajstić information content (AvgIpc) is 2.65. The molecule has 7 nitrogen and oxygen atoms in total. The van der Waals surface area contributed by atoms with Gasteiger partial charge in [0.25, 0.3) is 0 Å². The zero-order valence-corrected chi connectivity index (χ0v) is 15.5. The van der Waals surface area contributed by atoms with E-state index in [0.29, 0.717) is 19.7 Å². The maximum absolute atomic E-state index is 11.8. The van der Waals surface area contributed by atoms with E-state index in [9.17, 15) is 4.79 Å². The van der Waals surface area contributed by atoms with Crippen molar-refractivity contribution in [3.63, 3.8) is 0 Å². The summed E-state index contributed by atoms with van der Waals surface area (Å²) in [5, 5.41) is 3.33. The smallest absolute Gasteiger partial charge is 0.409 e. The standard InChI is InChI=1S/C19H25N5O2/c1-4-26-19(25)24-9-7-23(8-10-24)18-12-17(20-13-21-18)22-16-6-5-14(2)15(3)11-16/h5-6,11-13H,4,7-10H2,1-3H3,(H,20,21,22). The molecule has 3 rings (SSSR count). The highest BCUT2D eigenvalue weighted by atomic mass is 16.6. The molecule has 7 heteroatoms. The van der Waals surface area contributed by atoms with E-state index < -0.39 is 0 Å². The van der Waals surface area contributed by atoms with Gasteiger partial charge in [-0.3, -0.25) is 0 Å². The minimum atomic E-state index is -0.244. The van der Waals surface area contributed by atoms with Gasteiger partial charge in [-0.15, -0.1) is 0 Å². The Labute approximate surface area is 154 Å². The summed E-state index contributed by atoms with van der Waals surface area (Å²) in [7, 11) is 0. The van der Waals surface area contributed by atoms with E-state index in [1.54, 1.807) is 11.2 Å². The molecule has 1 amide bonds. The molecule has 1 aromatic heterocycles. The number of piperazine rings is 1. The third kappa shape index (κ3) is 4.22. The van der Waals surface area contributed by atoms with E-state index in [4.69, 9.17) is 4.74 Å². The average molecular weight is 355 g/mol. The van der Waals surface area contributed by atoms with Crippen molar-refractivity contribution in [2.75, 3.05) is 43.0 Å². The van der Waals surface area contributed by atoms with Crippen LogP contribution in [-0.4, -0.2) is 53.7 Å². The van der Waals surface area contributed by atoms with E-state index in [2.05, 4.69) is 46.2 Å². The fourth-order valence-corrected chi connectivity index (χ4v) is 2.89. The number of hydrogen-bond acceptors (Lipinski definition) is 6. The molecular formula is C19H25N5O2. The maximum atomic E-state index is 11.8. The molecule has 0 spiro atoms. The van der Waals surface area contributed by atoms with E-state index in [1.807, 2.05) is 19.1 Å². The molecule has 0 unspecified atom stereocenters. The number of hydrogen-bond donors (Lipinski definition) is 1. The van der Waals surface area contributed by atoms with Crippen molar-refractivity contribution in [3.8, 4) is 0 Å². The Morgan fingerprint density at radius 2 is 1.88 bits per heavy atom. The molecule has 0 atom stereocenters. The van der Waals surface area contributed by atoms with E-state index in [1.165, 1.54) is 11.1 Å². The Hall–Kier alpha value is -2.83. The Balaban J connectivity index is 1.64. The highest BCUT2D eigenvalue weighted by molar-refractivity contribution is 5.68. The van der Waals surface area contributed by atoms with Crippen molar-refractivity contribution >= 4 is 23.4 Å². The van der Waals surface area contributed by atoms with Gasteiger partial charge in [0.2, 0.25) is 0 Å². The quantitative estimate of drug-likeness (QED) is 0.909. The van der Waals surface area contributed by atoms with Crippen molar-refractivity contribution in [1.82, 2.24) is 14.9 Å². The minimum Gasteiger partial charge on any atom is -0.450 e. The molecule has 0 radical (unpaired) electrons. The first kappa shape index (κ1) is 18.0. The Morgan fingerprint density at radius 3 is 2.58 bits per heavy atom. The van der Waals surface area contributed by atoms with Gasteiger partial charge in [-0.2, -0.15) is 0 Å². The molecule has 138 valence electrons. The number of nitrogens with one attached hydrogen (secondary N) is 1. The van der Waals surface area contributed by atoms with Crippen molar-refractivity contribution in [2.24, 2.45) is 0 Å². The van der Waals surface area contributed by atoms with Crippen molar-refractivity contribution < 1.29 is 9.53 Å². The largest absolute Gasteiger partial charge is 0.450 e. The summed E-state index contributed by atoms with van der Waals surface area (Å²) in [6.07, 6.45) is 1.32. The number of rotatable bonds is 4. The summed E-state index contributed by atoms with van der Waals surface area (Å²) in [5.41, 5.74) is 3.50. The molecule has 1 N–H and O–H groups in total. The van der Waals surface area contributed by atoms with Gasteiger partial charge < -0.3 is 19.9 Å². The lowest BCUT2D eigenvalue weighted by molar-refractivity contribution is 0.105. The second kappa shape index (κ2) is 8.03. The fraction of sp³-hybridized carbons (Fsp3) is 0.421. The SMILES string of the molecule is CCOC(=O)N1CCN(c2cc(Nc3ccc(C)c(C)c3)ncn2)CC1. The first-order chi connectivity index (χ1) is 12.6. The Kier molecular flexibility index (Phi) is 5.55. The molecule has 2 heterocycles. The monoisotopic (exact) mass is 355 g/mol. The molecule has 26 heavy (non-hydrogen) atoms. The lowest BCUT2D eigenvalue weighted by Crippen LogP contribution is -2.49. The number of benzene rings is 1. The van der Waals surface area contributed by atoms with Crippen LogP contribution in [0.25, 0.3) is 0 Å². The topological polar surface area (TPSA) is 70.6 Å². The molecule has 1 saturated heterocycles. The maximum Gasteiger partial charge on any atom is 0.409 e. The second-order valence-corrected chi connectivity index (χ2v) is 6.36. The van der Waals surface area contributed by atoms with Crippen LogP contribution in [0.3, 0.4) is 0 Å². The zero-order chi connectivity index (χ0) is 18.5. The molecular weight excluding hydrogens is 330 g/mol. The lowest BCUT2D eigenvalue weighted by Gasteiger charge is -2.34. The molecule has 2 aromatic rings. The van der Waals surface area contributed by atoms with Crippen LogP contribution in [0.1, 0.15) is 18.1 Å². The van der Waals surface area contributed by atoms with Crippen LogP contribution in [0.5, 0.6) is 0 Å². The van der Waals surface area contributed by atoms with Gasteiger partial charge in [0, 0.05) is 37.9 Å². The van der Waals surface area contributed by atoms with Crippen LogP contribution in [-0.2, 0) is 4.74 Å². The van der Waals surface area contributed by atoms with Gasteiger partial charge in [-0.05, 0) is 44.0 Å². The van der Waals surface area contributed by atoms with Crippen molar-refractivity contribution in [3.05, 3.63) is 41.7 Å². The summed E-state index contributed by atoms with van der Waals surface area (Å²) >= 11 is 0. The molecule has 0 bridgehead atoms. The number of aromatic nitrogens is 2. The van der Waals surface area contributed by atoms with Gasteiger partial charge in [0.1, 0.15) is 18.0 Å². The first-order valence-electron chi connectivity index (χ1n) is 8.90. The molecule has 0 aliphatic carbocycles. The highest BCUT2D eigenvalue weighted by Crippen LogP contribution is 2.21. The third-order valence-corrected chi connectivity index (χ3v) is 4.56. The number of nitrogens with zero attached hydrogens (tertiary/aromatic N) is 4. The number of ether oxygens (including phenoxy) is 1. The van der Waals surface area contributed by atoms with E-state index in [0.717, 1.165) is 30.4 Å². The molecule has 1 aliphatic heterocycles. The van der Waals surface area contributed by atoms with Gasteiger partial charge >= 0.3 is 6.09 Å². The molecule has 1 aliphatic rings. The normalized spacial score (nSPS) is 14.3. The zero-order valence-electron chi connectivity index (χ0n) is 15.5. The van der Waals surface area contributed by atoms with E-state index in [-0.39, 0.29) is 6.09 Å². The number of anilines is 3. The summed E-state index contributed by atoms with van der Waals surface area (Å²) in [6.45, 7) is 9.10. The van der Waals surface area contributed by atoms with E-state index >= 15 is 0 Å². The van der Waals surface area contributed by atoms with Crippen molar-refractivity contribution in [1.29, 1.82) is 0 Å². The summed E-state index contributed by atoms with van der Waals surface area (Å²) in [5.74, 6) is 1.61. The minimum absolute atomic E-state index is 0.244. The van der Waals surface area contributed by atoms with Crippen LogP contribution in [0, 0.1) is 13.8 Å². The highest BCUT2D eigenvalue weighted by Gasteiger charge is 2.22. The van der Waals surface area contributed by atoms with Crippen LogP contribution in [0.2, 0.25) is 0 Å². The summed E-state index contributed by atoms with van der Waals surface area (Å²) in [6, 6.07) is 8.18. The summed E-state index contributed by atoms with van der Waals surface area (Å²) in [4.78, 5) is 24.4. The van der Waals surface area contributed by atoms with Gasteiger partial charge in [-0.25, -0.2) is 14.8 Å². The lowest BCUT2D eigenvalue weighted by atomic mass is 10.1. The molecule has 1 aromatic carbocycles. The molecule has 0 saturated carbocycles. The Bertz CT molecular complexity index is 772. The predicted octanol–water partition coefficient (Wildman–Crippen LogP) is 3.12. The second-order valence-electron chi connectivity index (χ2n) is 6.36. The molecule has 1 fully saturated rings. The van der Waals surface area contributed by atoms with Gasteiger partial charge in [0.05, 0.1) is 6.61 Å². The first-order valence-corrected chi connectivity index (χ1v) is 8.90. The Morgan fingerprint density at radius 1 is 1.12 bits per heavy atom.